The summed E-state index contributed by atoms with van der Waals surface area (Å²) in [5.41, 5.74) is 0.388. The lowest BCUT2D eigenvalue weighted by Crippen LogP contribution is -2.51. The van der Waals surface area contributed by atoms with E-state index in [4.69, 9.17) is 10.2 Å². The first-order valence-corrected chi connectivity index (χ1v) is 12.0. The number of nitrogens with zero attached hydrogens (tertiary/aromatic N) is 2. The van der Waals surface area contributed by atoms with Gasteiger partial charge < -0.3 is 39.9 Å². The number of benzene rings is 2. The molecule has 0 aliphatic carbocycles. The van der Waals surface area contributed by atoms with Gasteiger partial charge in [0.15, 0.2) is 5.78 Å². The zero-order chi connectivity index (χ0) is 28.7. The van der Waals surface area contributed by atoms with Gasteiger partial charge in [-0.1, -0.05) is 12.1 Å². The summed E-state index contributed by atoms with van der Waals surface area (Å²) in [5.74, 6) is -4.50. The molecule has 3 N–H and O–H groups in total. The molecule has 0 radical (unpaired) electrons. The first kappa shape index (κ1) is 29.4. The number of aliphatic carboxylic acids is 2. The molecular formula is C26H26FN3O9-2. The molecule has 0 bridgehead atoms. The van der Waals surface area contributed by atoms with Gasteiger partial charge in [-0.3, -0.25) is 14.2 Å². The molecule has 208 valence electrons. The highest BCUT2D eigenvalue weighted by Gasteiger charge is 2.26. The molecule has 1 aromatic heterocycles. The van der Waals surface area contributed by atoms with Crippen molar-refractivity contribution in [2.75, 3.05) is 19.6 Å². The molecule has 0 amide bonds. The van der Waals surface area contributed by atoms with Gasteiger partial charge in [0.2, 0.25) is 0 Å². The van der Waals surface area contributed by atoms with E-state index in [0.717, 1.165) is 13.1 Å². The monoisotopic (exact) mass is 543 g/mol. The standard InChI is InChI=1S/C22H22FN3O3.C4H6O6/c23-17-7-5-15(6-8-17)20(27)16-9-11-25(12-10-16)13-14-26-21(28)18-3-1-2-4-19(18)24-22(26)29;5-1(3(7)8)2(6)4(9)10/h1-8,16H,9-14H2,(H,24,29);1-2,5-6H,(H,7,8)(H,9,10)/p-2. The Bertz CT molecular complexity index is 1430. The van der Waals surface area contributed by atoms with E-state index < -0.39 is 29.8 Å². The van der Waals surface area contributed by atoms with Crippen molar-refractivity contribution in [3.63, 3.8) is 0 Å². The van der Waals surface area contributed by atoms with Crippen LogP contribution in [0.3, 0.4) is 0 Å². The summed E-state index contributed by atoms with van der Waals surface area (Å²) in [6.45, 7) is 2.31. The zero-order valence-electron chi connectivity index (χ0n) is 20.6. The maximum atomic E-state index is 13.0. The Balaban J connectivity index is 0.000000360. The number of carbonyl (C=O) groups is 3. The molecule has 2 heterocycles. The number of carboxylic acids is 2. The number of fused-ring (bicyclic) bond motifs is 1. The Hall–Kier alpha value is -4.20. The Morgan fingerprint density at radius 2 is 1.49 bits per heavy atom. The number of para-hydroxylation sites is 1. The number of nitrogens with one attached hydrogen (secondary N) is 1. The number of piperidine rings is 1. The highest BCUT2D eigenvalue weighted by molar-refractivity contribution is 5.97. The van der Waals surface area contributed by atoms with Gasteiger partial charge in [0.1, 0.15) is 18.0 Å². The average Bonchev–Trinajstić information content (AvgIpc) is 2.92. The second-order valence-electron chi connectivity index (χ2n) is 8.95. The summed E-state index contributed by atoms with van der Waals surface area (Å²) in [6.07, 6.45) is -3.46. The minimum Gasteiger partial charge on any atom is -0.547 e. The molecule has 1 fully saturated rings. The topological polar surface area (TPSA) is 196 Å². The van der Waals surface area contributed by atoms with Crippen LogP contribution in [0.2, 0.25) is 0 Å². The Labute approximate surface area is 220 Å². The van der Waals surface area contributed by atoms with Crippen LogP contribution in [-0.2, 0) is 16.1 Å². The molecule has 2 aromatic carbocycles. The fourth-order valence-corrected chi connectivity index (χ4v) is 4.17. The van der Waals surface area contributed by atoms with Crippen molar-refractivity contribution in [3.8, 4) is 0 Å². The molecule has 0 spiro atoms. The van der Waals surface area contributed by atoms with Crippen LogP contribution in [0.15, 0.2) is 58.1 Å². The summed E-state index contributed by atoms with van der Waals surface area (Å²) in [4.78, 5) is 61.6. The van der Waals surface area contributed by atoms with Gasteiger partial charge in [-0.05, 0) is 62.3 Å². The summed E-state index contributed by atoms with van der Waals surface area (Å²) < 4.78 is 14.3. The fraction of sp³-hybridized carbons (Fsp3) is 0.346. The number of Topliss-reactive ketones (excluding diaryl/α,β-unsaturated/α-hetero) is 1. The summed E-state index contributed by atoms with van der Waals surface area (Å²) in [6, 6.07) is 12.6. The number of aliphatic hydroxyl groups excluding tert-OH is 2. The number of H-pyrrole nitrogens is 1. The molecule has 1 saturated heterocycles. The van der Waals surface area contributed by atoms with Crippen LogP contribution >= 0.6 is 0 Å². The Kier molecular flexibility index (Phi) is 9.82. The minimum atomic E-state index is -2.44. The van der Waals surface area contributed by atoms with E-state index in [2.05, 4.69) is 9.88 Å². The van der Waals surface area contributed by atoms with Gasteiger partial charge in [-0.2, -0.15) is 0 Å². The van der Waals surface area contributed by atoms with Crippen LogP contribution in [0.25, 0.3) is 10.9 Å². The van der Waals surface area contributed by atoms with Crippen LogP contribution in [0.4, 0.5) is 4.39 Å². The van der Waals surface area contributed by atoms with Crippen LogP contribution in [0.5, 0.6) is 0 Å². The van der Waals surface area contributed by atoms with E-state index in [1.165, 1.54) is 28.8 Å². The number of hydrogen-bond donors (Lipinski definition) is 3. The molecule has 4 rings (SSSR count). The molecule has 3 aromatic rings. The maximum Gasteiger partial charge on any atom is 0.328 e. The molecule has 12 nitrogen and oxygen atoms in total. The number of likely N-dealkylation sites (tertiary alicyclic amines) is 1. The molecule has 0 saturated carbocycles. The lowest BCUT2D eigenvalue weighted by Gasteiger charge is -2.31. The first-order chi connectivity index (χ1) is 18.5. The Morgan fingerprint density at radius 1 is 0.923 bits per heavy atom. The smallest absolute Gasteiger partial charge is 0.328 e. The SMILES string of the molecule is O=C([O-])C(O)C(O)C(=O)[O-].O=C(c1ccc(F)cc1)C1CCN(CCn2c(=O)[nH]c3ccccc3c2=O)CC1. The van der Waals surface area contributed by atoms with Crippen molar-refractivity contribution < 1.29 is 39.2 Å². The number of aromatic amines is 1. The molecule has 2 atom stereocenters. The third-order valence-electron chi connectivity index (χ3n) is 6.40. The molecule has 1 aliphatic heterocycles. The second kappa shape index (κ2) is 13.0. The van der Waals surface area contributed by atoms with Crippen molar-refractivity contribution in [1.82, 2.24) is 14.5 Å². The first-order valence-electron chi connectivity index (χ1n) is 12.0. The number of halogens is 1. The van der Waals surface area contributed by atoms with Gasteiger partial charge in [0.25, 0.3) is 5.56 Å². The number of carbonyl (C=O) groups excluding carboxylic acids is 3. The zero-order valence-corrected chi connectivity index (χ0v) is 20.6. The van der Waals surface area contributed by atoms with E-state index in [0.29, 0.717) is 42.4 Å². The van der Waals surface area contributed by atoms with Gasteiger partial charge in [-0.15, -0.1) is 0 Å². The van der Waals surface area contributed by atoms with Crippen LogP contribution in [-0.4, -0.2) is 74.2 Å². The van der Waals surface area contributed by atoms with Gasteiger partial charge >= 0.3 is 5.69 Å². The summed E-state index contributed by atoms with van der Waals surface area (Å²) >= 11 is 0. The summed E-state index contributed by atoms with van der Waals surface area (Å²) in [5, 5.41) is 36.2. The maximum absolute atomic E-state index is 13.0. The number of rotatable bonds is 8. The molecule has 2 unspecified atom stereocenters. The highest BCUT2D eigenvalue weighted by Crippen LogP contribution is 2.22. The van der Waals surface area contributed by atoms with E-state index in [9.17, 15) is 38.6 Å². The van der Waals surface area contributed by atoms with Crippen molar-refractivity contribution in [2.45, 2.75) is 31.6 Å². The van der Waals surface area contributed by atoms with Crippen molar-refractivity contribution in [1.29, 1.82) is 0 Å². The van der Waals surface area contributed by atoms with E-state index in [1.54, 1.807) is 24.3 Å². The number of hydrogen-bond acceptors (Lipinski definition) is 10. The highest BCUT2D eigenvalue weighted by atomic mass is 19.1. The number of aromatic nitrogens is 2. The van der Waals surface area contributed by atoms with E-state index in [1.807, 2.05) is 0 Å². The Morgan fingerprint density at radius 3 is 2.05 bits per heavy atom. The van der Waals surface area contributed by atoms with Crippen LogP contribution in [0, 0.1) is 11.7 Å². The minimum absolute atomic E-state index is 0.0480. The normalized spacial score (nSPS) is 15.7. The van der Waals surface area contributed by atoms with Gasteiger partial charge in [0, 0.05) is 24.6 Å². The van der Waals surface area contributed by atoms with Crippen molar-refractivity contribution in [3.05, 3.63) is 80.7 Å². The van der Waals surface area contributed by atoms with Crippen molar-refractivity contribution >= 4 is 28.6 Å². The van der Waals surface area contributed by atoms with E-state index >= 15 is 0 Å². The molecule has 39 heavy (non-hydrogen) atoms. The predicted octanol–water partition coefficient (Wildman–Crippen LogP) is -2.37. The average molecular weight is 544 g/mol. The number of aliphatic hydroxyl groups is 2. The molecular weight excluding hydrogens is 517 g/mol. The van der Waals surface area contributed by atoms with Gasteiger partial charge in [-0.25, -0.2) is 9.18 Å². The quantitative estimate of drug-likeness (QED) is 0.258. The molecule has 1 aliphatic rings. The third-order valence-corrected chi connectivity index (χ3v) is 6.40. The third kappa shape index (κ3) is 7.44. The van der Waals surface area contributed by atoms with Crippen LogP contribution in [0.1, 0.15) is 23.2 Å². The van der Waals surface area contributed by atoms with Crippen LogP contribution < -0.4 is 21.5 Å². The lowest BCUT2D eigenvalue weighted by atomic mass is 9.89. The molecule has 13 heteroatoms. The van der Waals surface area contributed by atoms with E-state index in [-0.39, 0.29) is 23.1 Å². The largest absolute Gasteiger partial charge is 0.547 e. The number of ketones is 1. The number of carboxylic acid groups (broad SMARTS) is 2. The summed E-state index contributed by atoms with van der Waals surface area (Å²) in [7, 11) is 0. The lowest BCUT2D eigenvalue weighted by molar-refractivity contribution is -0.333. The fourth-order valence-electron chi connectivity index (χ4n) is 4.17. The second-order valence-corrected chi connectivity index (χ2v) is 8.95. The van der Waals surface area contributed by atoms with Crippen molar-refractivity contribution in [2.24, 2.45) is 5.92 Å². The predicted molar refractivity (Wildman–Crippen MR) is 131 cm³/mol. The van der Waals surface area contributed by atoms with Gasteiger partial charge in [0.05, 0.1) is 22.8 Å².